The summed E-state index contributed by atoms with van der Waals surface area (Å²) in [6.45, 7) is 5.27. The second kappa shape index (κ2) is 5.61. The molecule has 1 aromatic rings. The molecule has 5 heteroatoms. The van der Waals surface area contributed by atoms with Crippen LogP contribution in [0, 0.1) is 0 Å². The normalized spacial score (nSPS) is 12.2. The Morgan fingerprint density at radius 3 is 2.17 bits per heavy atom. The highest BCUT2D eigenvalue weighted by molar-refractivity contribution is 7.92. The van der Waals surface area contributed by atoms with E-state index in [9.17, 15) is 8.42 Å². The highest BCUT2D eigenvalue weighted by Gasteiger charge is 2.28. The lowest BCUT2D eigenvalue weighted by molar-refractivity contribution is 0.340. The molecule has 18 heavy (non-hydrogen) atoms. The van der Waals surface area contributed by atoms with Crippen LogP contribution in [0.25, 0.3) is 0 Å². The average molecular weight is 271 g/mol. The maximum Gasteiger partial charge on any atom is 0.158 e. The van der Waals surface area contributed by atoms with Gasteiger partial charge in [0.05, 0.1) is 10.5 Å². The van der Waals surface area contributed by atoms with Gasteiger partial charge in [0.15, 0.2) is 9.84 Å². The third-order valence-electron chi connectivity index (χ3n) is 2.70. The van der Waals surface area contributed by atoms with Crippen molar-refractivity contribution in [2.45, 2.75) is 25.5 Å². The summed E-state index contributed by atoms with van der Waals surface area (Å²) in [6, 6.07) is 7.40. The average Bonchev–Trinajstić information content (AvgIpc) is 2.28. The highest BCUT2D eigenvalue weighted by Crippen LogP contribution is 2.18. The first kappa shape index (κ1) is 14.8. The lowest BCUT2D eigenvalue weighted by atomic mass is 10.3. The van der Waals surface area contributed by atoms with Crippen LogP contribution < -0.4 is 10.1 Å². The third kappa shape index (κ3) is 3.91. The van der Waals surface area contributed by atoms with E-state index in [4.69, 9.17) is 4.74 Å². The van der Waals surface area contributed by atoms with Crippen LogP contribution in [0.2, 0.25) is 0 Å². The fourth-order valence-corrected chi connectivity index (χ4v) is 2.21. The van der Waals surface area contributed by atoms with Crippen molar-refractivity contribution in [2.24, 2.45) is 0 Å². The zero-order chi connectivity index (χ0) is 13.8. The summed E-state index contributed by atoms with van der Waals surface area (Å²) in [4.78, 5) is 0. The van der Waals surface area contributed by atoms with Gasteiger partial charge in [0.2, 0.25) is 0 Å². The molecule has 1 N–H and O–H groups in total. The highest BCUT2D eigenvalue weighted by atomic mass is 32.2. The molecule has 0 atom stereocenters. The van der Waals surface area contributed by atoms with Gasteiger partial charge in [-0.1, -0.05) is 0 Å². The number of sulfone groups is 1. The first-order valence-electron chi connectivity index (χ1n) is 5.89. The molecule has 0 aromatic heterocycles. The number of hydrogen-bond acceptors (Lipinski definition) is 4. The van der Waals surface area contributed by atoms with Crippen LogP contribution in [0.4, 0.5) is 5.69 Å². The molecule has 0 radical (unpaired) electrons. The lowest BCUT2D eigenvalue weighted by Gasteiger charge is -2.19. The molecule has 0 amide bonds. The molecule has 0 saturated heterocycles. The molecule has 0 aliphatic carbocycles. The Morgan fingerprint density at radius 1 is 1.17 bits per heavy atom. The Labute approximate surface area is 109 Å². The van der Waals surface area contributed by atoms with Gasteiger partial charge in [-0.3, -0.25) is 0 Å². The molecule has 102 valence electrons. The van der Waals surface area contributed by atoms with Crippen molar-refractivity contribution < 1.29 is 13.2 Å². The summed E-state index contributed by atoms with van der Waals surface area (Å²) in [5.41, 5.74) is 0.990. The Hall–Kier alpha value is -1.23. The molecule has 1 rings (SSSR count). The number of ether oxygens (including phenoxy) is 1. The van der Waals surface area contributed by atoms with Crippen LogP contribution >= 0.6 is 0 Å². The molecular formula is C13H21NO3S. The van der Waals surface area contributed by atoms with E-state index >= 15 is 0 Å². The van der Waals surface area contributed by atoms with Crippen molar-refractivity contribution >= 4 is 15.5 Å². The molecule has 0 bridgehead atoms. The molecular weight excluding hydrogens is 250 g/mol. The van der Waals surface area contributed by atoms with Gasteiger partial charge < -0.3 is 10.1 Å². The number of nitrogens with one attached hydrogen (secondary N) is 1. The van der Waals surface area contributed by atoms with E-state index in [2.05, 4.69) is 5.32 Å². The summed E-state index contributed by atoms with van der Waals surface area (Å²) < 4.78 is 28.4. The molecule has 0 aliphatic heterocycles. The second-order valence-corrected chi connectivity index (χ2v) is 7.92. The van der Waals surface area contributed by atoms with E-state index in [1.54, 1.807) is 20.8 Å². The molecule has 0 heterocycles. The van der Waals surface area contributed by atoms with Crippen LogP contribution in [0.1, 0.15) is 20.8 Å². The standard InChI is InChI=1S/C13H21NO3S/c1-13(2,3)18(15,16)10-9-17-12-7-5-11(14-4)6-8-12/h5-8,14H,9-10H2,1-4H3. The van der Waals surface area contributed by atoms with E-state index < -0.39 is 14.6 Å². The van der Waals surface area contributed by atoms with Gasteiger partial charge in [0.25, 0.3) is 0 Å². The number of hydrogen-bond donors (Lipinski definition) is 1. The van der Waals surface area contributed by atoms with E-state index in [0.717, 1.165) is 5.69 Å². The zero-order valence-electron chi connectivity index (χ0n) is 11.4. The Bertz CT molecular complexity index is 472. The molecule has 0 aliphatic rings. The van der Waals surface area contributed by atoms with Crippen LogP contribution in [0.15, 0.2) is 24.3 Å². The molecule has 0 saturated carbocycles. The Balaban J connectivity index is 2.52. The molecule has 4 nitrogen and oxygen atoms in total. The third-order valence-corrected chi connectivity index (χ3v) is 5.27. The number of anilines is 1. The van der Waals surface area contributed by atoms with Crippen molar-refractivity contribution in [1.29, 1.82) is 0 Å². The van der Waals surface area contributed by atoms with Crippen LogP contribution in [0.5, 0.6) is 5.75 Å². The van der Waals surface area contributed by atoms with Gasteiger partial charge in [-0.05, 0) is 45.0 Å². The minimum atomic E-state index is -3.12. The van der Waals surface area contributed by atoms with Crippen molar-refractivity contribution in [1.82, 2.24) is 0 Å². The first-order valence-corrected chi connectivity index (χ1v) is 7.54. The summed E-state index contributed by atoms with van der Waals surface area (Å²) in [6.07, 6.45) is 0. The predicted octanol–water partition coefficient (Wildman–Crippen LogP) is 2.32. The van der Waals surface area contributed by atoms with E-state index in [-0.39, 0.29) is 12.4 Å². The smallest absolute Gasteiger partial charge is 0.158 e. The zero-order valence-corrected chi connectivity index (χ0v) is 12.2. The molecule has 0 unspecified atom stereocenters. The first-order chi connectivity index (χ1) is 8.26. The van der Waals surface area contributed by atoms with Gasteiger partial charge in [-0.25, -0.2) is 8.42 Å². The summed E-state index contributed by atoms with van der Waals surface area (Å²) in [5.74, 6) is 0.711. The van der Waals surface area contributed by atoms with Gasteiger partial charge in [-0.2, -0.15) is 0 Å². The summed E-state index contributed by atoms with van der Waals surface area (Å²) >= 11 is 0. The minimum absolute atomic E-state index is 0.0320. The van der Waals surface area contributed by atoms with Crippen molar-refractivity contribution in [3.05, 3.63) is 24.3 Å². The molecule has 1 aromatic carbocycles. The van der Waals surface area contributed by atoms with Crippen molar-refractivity contribution in [3.63, 3.8) is 0 Å². The number of rotatable bonds is 5. The van der Waals surface area contributed by atoms with Crippen molar-refractivity contribution in [2.75, 3.05) is 24.7 Å². The van der Waals surface area contributed by atoms with Gasteiger partial charge in [0.1, 0.15) is 12.4 Å². The largest absolute Gasteiger partial charge is 0.493 e. The topological polar surface area (TPSA) is 55.4 Å². The lowest BCUT2D eigenvalue weighted by Crippen LogP contribution is -2.32. The molecule has 0 spiro atoms. The van der Waals surface area contributed by atoms with Gasteiger partial charge in [0, 0.05) is 12.7 Å². The van der Waals surface area contributed by atoms with Crippen LogP contribution in [-0.2, 0) is 9.84 Å². The minimum Gasteiger partial charge on any atom is -0.493 e. The predicted molar refractivity (Wildman–Crippen MR) is 75.0 cm³/mol. The summed E-state index contributed by atoms with van der Waals surface area (Å²) in [7, 11) is -1.28. The monoisotopic (exact) mass is 271 g/mol. The summed E-state index contributed by atoms with van der Waals surface area (Å²) in [5, 5.41) is 3.00. The van der Waals surface area contributed by atoms with E-state index in [1.165, 1.54) is 0 Å². The SMILES string of the molecule is CNc1ccc(OCCS(=O)(=O)C(C)(C)C)cc1. The maximum atomic E-state index is 11.9. The molecule has 0 fully saturated rings. The van der Waals surface area contributed by atoms with E-state index in [1.807, 2.05) is 31.3 Å². The Morgan fingerprint density at radius 2 is 1.72 bits per heavy atom. The van der Waals surface area contributed by atoms with Crippen LogP contribution in [-0.4, -0.2) is 32.6 Å². The fourth-order valence-electron chi connectivity index (χ4n) is 1.29. The number of benzene rings is 1. The van der Waals surface area contributed by atoms with Crippen LogP contribution in [0.3, 0.4) is 0 Å². The Kier molecular flexibility index (Phi) is 4.62. The quantitative estimate of drug-likeness (QED) is 0.893. The van der Waals surface area contributed by atoms with Crippen molar-refractivity contribution in [3.8, 4) is 5.75 Å². The van der Waals surface area contributed by atoms with Gasteiger partial charge in [-0.15, -0.1) is 0 Å². The van der Waals surface area contributed by atoms with E-state index in [0.29, 0.717) is 5.75 Å². The maximum absolute atomic E-state index is 11.9. The van der Waals surface area contributed by atoms with Gasteiger partial charge >= 0.3 is 0 Å². The second-order valence-electron chi connectivity index (χ2n) is 5.05. The fraction of sp³-hybridized carbons (Fsp3) is 0.538.